The summed E-state index contributed by atoms with van der Waals surface area (Å²) in [4.78, 5) is 34.2. The zero-order chi connectivity index (χ0) is 20.4. The fourth-order valence-electron chi connectivity index (χ4n) is 3.36. The maximum absolute atomic E-state index is 13.7. The minimum Gasteiger partial charge on any atom is -0.467 e. The van der Waals surface area contributed by atoms with Crippen LogP contribution in [0, 0.1) is 11.7 Å². The molecule has 1 aromatic heterocycles. The summed E-state index contributed by atoms with van der Waals surface area (Å²) in [6.07, 6.45) is 2.19. The van der Waals surface area contributed by atoms with E-state index in [-0.39, 0.29) is 11.7 Å². The third kappa shape index (κ3) is 3.89. The van der Waals surface area contributed by atoms with E-state index in [0.717, 1.165) is 11.3 Å². The number of urea groups is 1. The molecule has 2 heterocycles. The molecule has 7 nitrogen and oxygen atoms in total. The van der Waals surface area contributed by atoms with Crippen molar-refractivity contribution < 1.29 is 18.7 Å². The van der Waals surface area contributed by atoms with Crippen LogP contribution in [0.2, 0.25) is 0 Å². The maximum Gasteiger partial charge on any atom is 0.328 e. The minimum absolute atomic E-state index is 0.138. The molecule has 1 aliphatic rings. The largest absolute Gasteiger partial charge is 0.467 e. The van der Waals surface area contributed by atoms with E-state index in [4.69, 9.17) is 4.74 Å². The Morgan fingerprint density at radius 1 is 1.43 bits per heavy atom. The first-order chi connectivity index (χ1) is 13.3. The first-order valence-corrected chi connectivity index (χ1v) is 9.74. The van der Waals surface area contributed by atoms with Gasteiger partial charge in [-0.25, -0.2) is 19.0 Å². The van der Waals surface area contributed by atoms with Crippen LogP contribution in [0.5, 0.6) is 0 Å². The van der Waals surface area contributed by atoms with Crippen LogP contribution >= 0.6 is 15.9 Å². The van der Waals surface area contributed by atoms with E-state index in [1.807, 2.05) is 13.8 Å². The van der Waals surface area contributed by atoms with Crippen LogP contribution in [0.15, 0.2) is 29.0 Å². The van der Waals surface area contributed by atoms with Crippen LogP contribution in [0.1, 0.15) is 36.8 Å². The van der Waals surface area contributed by atoms with Crippen molar-refractivity contribution >= 4 is 27.9 Å². The molecular weight excluding hydrogens is 431 g/mol. The number of nitrogens with one attached hydrogen (secondary N) is 2. The van der Waals surface area contributed by atoms with Gasteiger partial charge in [0.05, 0.1) is 23.6 Å². The number of benzene rings is 1. The van der Waals surface area contributed by atoms with E-state index in [1.54, 1.807) is 23.4 Å². The molecule has 2 atom stereocenters. The van der Waals surface area contributed by atoms with Crippen LogP contribution in [0.3, 0.4) is 0 Å². The van der Waals surface area contributed by atoms with Gasteiger partial charge in [-0.05, 0) is 39.5 Å². The molecule has 28 heavy (non-hydrogen) atoms. The standard InChI is InChI=1S/C19H22BrFN4O3/c1-10(2)15(18(26)28-3)24-19(27)25-7-6-14-16(23-9-22-14)17(25)11-4-5-13(21)12(20)8-11/h4-5,8-10,15,17H,6-7H2,1-3H3,(H,22,23)(H,24,27). The van der Waals surface area contributed by atoms with E-state index in [9.17, 15) is 14.0 Å². The van der Waals surface area contributed by atoms with Gasteiger partial charge in [0.1, 0.15) is 17.9 Å². The number of hydrogen-bond donors (Lipinski definition) is 2. The predicted molar refractivity (Wildman–Crippen MR) is 104 cm³/mol. The zero-order valence-electron chi connectivity index (χ0n) is 15.8. The number of nitrogens with zero attached hydrogens (tertiary/aromatic N) is 2. The Bertz CT molecular complexity index is 886. The quantitative estimate of drug-likeness (QED) is 0.697. The molecule has 1 aromatic carbocycles. The Kier molecular flexibility index (Phi) is 6.02. The fourth-order valence-corrected chi connectivity index (χ4v) is 3.75. The first kappa shape index (κ1) is 20.3. The number of aromatic nitrogens is 2. The van der Waals surface area contributed by atoms with Gasteiger partial charge >= 0.3 is 12.0 Å². The Morgan fingerprint density at radius 3 is 2.82 bits per heavy atom. The number of H-pyrrole nitrogens is 1. The lowest BCUT2D eigenvalue weighted by Gasteiger charge is -2.36. The number of aromatic amines is 1. The van der Waals surface area contributed by atoms with Crippen molar-refractivity contribution in [1.82, 2.24) is 20.2 Å². The highest BCUT2D eigenvalue weighted by Crippen LogP contribution is 2.35. The molecule has 3 rings (SSSR count). The van der Waals surface area contributed by atoms with Gasteiger partial charge in [0.15, 0.2) is 0 Å². The SMILES string of the molecule is COC(=O)C(NC(=O)N1CCc2[nH]cnc2C1c1ccc(F)c(Br)c1)C(C)C. The highest BCUT2D eigenvalue weighted by molar-refractivity contribution is 9.10. The fraction of sp³-hybridized carbons (Fsp3) is 0.421. The van der Waals surface area contributed by atoms with E-state index < -0.39 is 24.1 Å². The number of fused-ring (bicyclic) bond motifs is 1. The number of ether oxygens (including phenoxy) is 1. The molecule has 0 bridgehead atoms. The van der Waals surface area contributed by atoms with Gasteiger partial charge in [-0.3, -0.25) is 0 Å². The van der Waals surface area contributed by atoms with Crippen molar-refractivity contribution in [1.29, 1.82) is 0 Å². The normalized spacial score (nSPS) is 17.2. The predicted octanol–water partition coefficient (Wildman–Crippen LogP) is 3.17. The van der Waals surface area contributed by atoms with Crippen LogP contribution in [0.4, 0.5) is 9.18 Å². The number of methoxy groups -OCH3 is 1. The van der Waals surface area contributed by atoms with Gasteiger partial charge in [0.25, 0.3) is 0 Å². The zero-order valence-corrected chi connectivity index (χ0v) is 17.4. The van der Waals surface area contributed by atoms with Gasteiger partial charge in [0.2, 0.25) is 0 Å². The molecule has 0 aliphatic carbocycles. The van der Waals surface area contributed by atoms with E-state index >= 15 is 0 Å². The molecule has 0 radical (unpaired) electrons. The van der Waals surface area contributed by atoms with Crippen LogP contribution < -0.4 is 5.32 Å². The van der Waals surface area contributed by atoms with E-state index in [2.05, 4.69) is 31.2 Å². The summed E-state index contributed by atoms with van der Waals surface area (Å²) in [6, 6.07) is 2.96. The van der Waals surface area contributed by atoms with Crippen LogP contribution in [-0.4, -0.2) is 46.6 Å². The molecule has 2 N–H and O–H groups in total. The number of carbonyl (C=O) groups excluding carboxylic acids is 2. The monoisotopic (exact) mass is 452 g/mol. The molecule has 2 unspecified atom stereocenters. The molecule has 1 aliphatic heterocycles. The second-order valence-corrected chi connectivity index (χ2v) is 7.83. The van der Waals surface area contributed by atoms with Gasteiger partial charge in [-0.15, -0.1) is 0 Å². The average molecular weight is 453 g/mol. The molecular formula is C19H22BrFN4O3. The Morgan fingerprint density at radius 2 is 2.18 bits per heavy atom. The smallest absolute Gasteiger partial charge is 0.328 e. The summed E-state index contributed by atoms with van der Waals surface area (Å²) in [6.45, 7) is 4.09. The van der Waals surface area contributed by atoms with Crippen molar-refractivity contribution in [2.45, 2.75) is 32.4 Å². The lowest BCUT2D eigenvalue weighted by atomic mass is 9.96. The molecule has 0 saturated carbocycles. The number of rotatable bonds is 4. The molecule has 2 aromatic rings. The Balaban J connectivity index is 1.95. The summed E-state index contributed by atoms with van der Waals surface area (Å²) < 4.78 is 18.8. The van der Waals surface area contributed by atoms with Gasteiger partial charge in [-0.1, -0.05) is 19.9 Å². The average Bonchev–Trinajstić information content (AvgIpc) is 3.15. The second-order valence-electron chi connectivity index (χ2n) is 6.98. The summed E-state index contributed by atoms with van der Waals surface area (Å²) in [5.41, 5.74) is 2.36. The Labute approximate surface area is 170 Å². The number of esters is 1. The Hall–Kier alpha value is -2.42. The molecule has 0 saturated heterocycles. The van der Waals surface area contributed by atoms with Gasteiger partial charge in [0, 0.05) is 18.7 Å². The van der Waals surface area contributed by atoms with Crippen molar-refractivity contribution in [2.24, 2.45) is 5.92 Å². The summed E-state index contributed by atoms with van der Waals surface area (Å²) >= 11 is 3.20. The number of halogens is 2. The van der Waals surface area contributed by atoms with Crippen LogP contribution in [0.25, 0.3) is 0 Å². The molecule has 0 spiro atoms. The van der Waals surface area contributed by atoms with Crippen molar-refractivity contribution in [3.05, 3.63) is 51.8 Å². The third-order valence-electron chi connectivity index (χ3n) is 4.85. The summed E-state index contributed by atoms with van der Waals surface area (Å²) in [5, 5.41) is 2.77. The molecule has 0 fully saturated rings. The minimum atomic E-state index is -0.765. The van der Waals surface area contributed by atoms with E-state index in [0.29, 0.717) is 23.1 Å². The number of carbonyl (C=O) groups is 2. The topological polar surface area (TPSA) is 87.3 Å². The van der Waals surface area contributed by atoms with Gasteiger partial charge in [-0.2, -0.15) is 0 Å². The highest BCUT2D eigenvalue weighted by Gasteiger charge is 2.36. The van der Waals surface area contributed by atoms with Crippen molar-refractivity contribution in [2.75, 3.05) is 13.7 Å². The summed E-state index contributed by atoms with van der Waals surface area (Å²) in [5.74, 6) is -1.02. The summed E-state index contributed by atoms with van der Waals surface area (Å²) in [7, 11) is 1.29. The van der Waals surface area contributed by atoms with Gasteiger partial charge < -0.3 is 19.9 Å². The molecule has 2 amide bonds. The third-order valence-corrected chi connectivity index (χ3v) is 5.45. The first-order valence-electron chi connectivity index (χ1n) is 8.95. The highest BCUT2D eigenvalue weighted by atomic mass is 79.9. The lowest BCUT2D eigenvalue weighted by molar-refractivity contribution is -0.144. The van der Waals surface area contributed by atoms with Crippen LogP contribution in [-0.2, 0) is 16.0 Å². The van der Waals surface area contributed by atoms with Crippen molar-refractivity contribution in [3.8, 4) is 0 Å². The maximum atomic E-state index is 13.7. The molecule has 9 heteroatoms. The number of imidazole rings is 1. The number of hydrogen-bond acceptors (Lipinski definition) is 4. The molecule has 150 valence electrons. The lowest BCUT2D eigenvalue weighted by Crippen LogP contribution is -2.53. The second kappa shape index (κ2) is 8.30. The van der Waals surface area contributed by atoms with Crippen molar-refractivity contribution in [3.63, 3.8) is 0 Å². The number of amides is 2. The van der Waals surface area contributed by atoms with E-state index in [1.165, 1.54) is 13.2 Å².